The van der Waals surface area contributed by atoms with Crippen molar-refractivity contribution in [1.29, 1.82) is 0 Å². The number of carbonyl (C=O) groups excluding carboxylic acids is 3. The quantitative estimate of drug-likeness (QED) is 0.239. The van der Waals surface area contributed by atoms with E-state index in [0.717, 1.165) is 0 Å². The summed E-state index contributed by atoms with van der Waals surface area (Å²) in [5, 5.41) is 0. The normalized spacial score (nSPS) is 11.6. The van der Waals surface area contributed by atoms with Crippen LogP contribution in [-0.2, 0) is 33.3 Å². The van der Waals surface area contributed by atoms with E-state index in [9.17, 15) is 14.4 Å². The number of esters is 2. The van der Waals surface area contributed by atoms with Crippen molar-refractivity contribution >= 4 is 18.2 Å². The third-order valence-electron chi connectivity index (χ3n) is 1.59. The molecule has 1 atom stereocenters. The number of hydrogen-bond donors (Lipinski definition) is 0. The van der Waals surface area contributed by atoms with Crippen molar-refractivity contribution in [1.82, 2.24) is 0 Å². The van der Waals surface area contributed by atoms with E-state index in [1.807, 2.05) is 0 Å². The zero-order valence-corrected chi connectivity index (χ0v) is 9.84. The lowest BCUT2D eigenvalue weighted by atomic mass is 10.4. The maximum atomic E-state index is 11.2. The molecule has 0 aromatic rings. The van der Waals surface area contributed by atoms with Crippen molar-refractivity contribution in [2.75, 3.05) is 26.6 Å². The van der Waals surface area contributed by atoms with Crippen LogP contribution in [0.25, 0.3) is 0 Å². The number of rotatable bonds is 9. The summed E-state index contributed by atoms with van der Waals surface area (Å²) in [6.07, 6.45) is -0.389. The molecular formula is C10H16O7. The van der Waals surface area contributed by atoms with Crippen LogP contribution < -0.4 is 0 Å². The highest BCUT2D eigenvalue weighted by Gasteiger charge is 2.16. The molecule has 0 rings (SSSR count). The molecule has 0 aliphatic heterocycles. The lowest BCUT2D eigenvalue weighted by molar-refractivity contribution is -0.171. The molecule has 0 radical (unpaired) electrons. The first kappa shape index (κ1) is 15.5. The van der Waals surface area contributed by atoms with Crippen molar-refractivity contribution in [3.05, 3.63) is 0 Å². The van der Waals surface area contributed by atoms with Crippen LogP contribution in [0, 0.1) is 0 Å². The maximum absolute atomic E-state index is 11.2. The van der Waals surface area contributed by atoms with Gasteiger partial charge in [-0.1, -0.05) is 0 Å². The van der Waals surface area contributed by atoms with Crippen molar-refractivity contribution in [2.24, 2.45) is 0 Å². The van der Waals surface area contributed by atoms with Gasteiger partial charge in [-0.15, -0.1) is 0 Å². The van der Waals surface area contributed by atoms with Crippen LogP contribution in [0.1, 0.15) is 13.8 Å². The molecule has 0 aromatic heterocycles. The van der Waals surface area contributed by atoms with Gasteiger partial charge in [0.2, 0.25) is 0 Å². The highest BCUT2D eigenvalue weighted by Crippen LogP contribution is 1.94. The SMILES string of the molecule is CCOCOC(=O)COC(=O)C(C)OCC=O. The summed E-state index contributed by atoms with van der Waals surface area (Å²) in [4.78, 5) is 32.1. The summed E-state index contributed by atoms with van der Waals surface area (Å²) in [7, 11) is 0. The highest BCUT2D eigenvalue weighted by molar-refractivity contribution is 5.78. The first-order chi connectivity index (χ1) is 8.11. The number of carbonyl (C=O) groups is 3. The summed E-state index contributed by atoms with van der Waals surface area (Å²) < 4.78 is 18.7. The summed E-state index contributed by atoms with van der Waals surface area (Å²) in [5.74, 6) is -1.45. The number of aldehydes is 1. The third kappa shape index (κ3) is 8.35. The largest absolute Gasteiger partial charge is 0.452 e. The molecule has 0 aromatic carbocycles. The predicted molar refractivity (Wildman–Crippen MR) is 55.0 cm³/mol. The van der Waals surface area contributed by atoms with Gasteiger partial charge >= 0.3 is 11.9 Å². The lowest BCUT2D eigenvalue weighted by Crippen LogP contribution is -2.27. The van der Waals surface area contributed by atoms with Crippen molar-refractivity contribution in [3.63, 3.8) is 0 Å². The second kappa shape index (κ2) is 9.73. The van der Waals surface area contributed by atoms with Gasteiger partial charge in [0.25, 0.3) is 0 Å². The molecule has 1 unspecified atom stereocenters. The Balaban J connectivity index is 3.67. The molecule has 7 nitrogen and oxygen atoms in total. The van der Waals surface area contributed by atoms with Gasteiger partial charge in [0.15, 0.2) is 19.5 Å². The number of ether oxygens (including phenoxy) is 4. The molecule has 0 fully saturated rings. The van der Waals surface area contributed by atoms with E-state index in [0.29, 0.717) is 12.9 Å². The Bertz CT molecular complexity index is 251. The van der Waals surface area contributed by atoms with E-state index >= 15 is 0 Å². The minimum Gasteiger partial charge on any atom is -0.452 e. The standard InChI is InChI=1S/C10H16O7/c1-3-14-7-17-9(12)6-16-10(13)8(2)15-5-4-11/h4,8H,3,5-7H2,1-2H3. The summed E-state index contributed by atoms with van der Waals surface area (Å²) in [6, 6.07) is 0. The summed E-state index contributed by atoms with van der Waals surface area (Å²) >= 11 is 0. The monoisotopic (exact) mass is 248 g/mol. The molecule has 98 valence electrons. The van der Waals surface area contributed by atoms with E-state index in [-0.39, 0.29) is 13.4 Å². The van der Waals surface area contributed by atoms with E-state index in [2.05, 4.69) is 9.47 Å². The van der Waals surface area contributed by atoms with Gasteiger partial charge in [0.1, 0.15) is 12.9 Å². The fraction of sp³-hybridized carbons (Fsp3) is 0.700. The Morgan fingerprint density at radius 2 is 2.00 bits per heavy atom. The topological polar surface area (TPSA) is 88.1 Å². The predicted octanol–water partition coefficient (Wildman–Crippen LogP) is -0.329. The average molecular weight is 248 g/mol. The fourth-order valence-corrected chi connectivity index (χ4v) is 0.731. The van der Waals surface area contributed by atoms with Gasteiger partial charge in [-0.3, -0.25) is 0 Å². The molecule has 0 aliphatic rings. The van der Waals surface area contributed by atoms with Crippen molar-refractivity contribution < 1.29 is 33.3 Å². The molecule has 0 saturated heterocycles. The minimum absolute atomic E-state index is 0.177. The van der Waals surface area contributed by atoms with Crippen molar-refractivity contribution in [2.45, 2.75) is 20.0 Å². The van der Waals surface area contributed by atoms with E-state index in [4.69, 9.17) is 9.47 Å². The zero-order chi connectivity index (χ0) is 13.1. The smallest absolute Gasteiger partial charge is 0.346 e. The Labute approximate surface area is 99.0 Å². The molecule has 17 heavy (non-hydrogen) atoms. The van der Waals surface area contributed by atoms with Crippen molar-refractivity contribution in [3.8, 4) is 0 Å². The van der Waals surface area contributed by atoms with Gasteiger partial charge in [-0.05, 0) is 13.8 Å². The minimum atomic E-state index is -0.903. The molecule has 0 N–H and O–H groups in total. The molecule has 0 saturated carbocycles. The van der Waals surface area contributed by atoms with Crippen LogP contribution in [0.15, 0.2) is 0 Å². The van der Waals surface area contributed by atoms with Crippen LogP contribution in [0.4, 0.5) is 0 Å². The Morgan fingerprint density at radius 3 is 2.59 bits per heavy atom. The van der Waals surface area contributed by atoms with Gasteiger partial charge in [0, 0.05) is 6.61 Å². The van der Waals surface area contributed by atoms with Crippen LogP contribution >= 0.6 is 0 Å². The van der Waals surface area contributed by atoms with E-state index in [1.54, 1.807) is 6.92 Å². The second-order valence-electron chi connectivity index (χ2n) is 2.88. The van der Waals surface area contributed by atoms with Crippen LogP contribution in [0.3, 0.4) is 0 Å². The fourth-order valence-electron chi connectivity index (χ4n) is 0.731. The van der Waals surface area contributed by atoms with Crippen LogP contribution in [-0.4, -0.2) is 50.9 Å². The maximum Gasteiger partial charge on any atom is 0.346 e. The molecular weight excluding hydrogens is 232 g/mol. The average Bonchev–Trinajstić information content (AvgIpc) is 2.33. The second-order valence-corrected chi connectivity index (χ2v) is 2.88. The van der Waals surface area contributed by atoms with Gasteiger partial charge < -0.3 is 23.7 Å². The highest BCUT2D eigenvalue weighted by atomic mass is 16.7. The number of hydrogen-bond acceptors (Lipinski definition) is 7. The first-order valence-electron chi connectivity index (χ1n) is 5.07. The first-order valence-corrected chi connectivity index (χ1v) is 5.07. The molecule has 0 heterocycles. The van der Waals surface area contributed by atoms with Gasteiger partial charge in [0.05, 0.1) is 0 Å². The summed E-state index contributed by atoms with van der Waals surface area (Å²) in [5.41, 5.74) is 0. The summed E-state index contributed by atoms with van der Waals surface area (Å²) in [6.45, 7) is 2.69. The van der Waals surface area contributed by atoms with Crippen LogP contribution in [0.5, 0.6) is 0 Å². The van der Waals surface area contributed by atoms with E-state index in [1.165, 1.54) is 6.92 Å². The van der Waals surface area contributed by atoms with Crippen LogP contribution in [0.2, 0.25) is 0 Å². The molecule has 0 amide bonds. The Kier molecular flexibility index (Phi) is 8.89. The zero-order valence-electron chi connectivity index (χ0n) is 9.84. The van der Waals surface area contributed by atoms with E-state index < -0.39 is 24.6 Å². The third-order valence-corrected chi connectivity index (χ3v) is 1.59. The molecule has 0 bridgehead atoms. The Morgan fingerprint density at radius 1 is 1.29 bits per heavy atom. The van der Waals surface area contributed by atoms with Gasteiger partial charge in [-0.2, -0.15) is 0 Å². The van der Waals surface area contributed by atoms with Gasteiger partial charge in [-0.25, -0.2) is 9.59 Å². The molecule has 7 heteroatoms. The molecule has 0 spiro atoms. The lowest BCUT2D eigenvalue weighted by Gasteiger charge is -2.10. The Hall–Kier alpha value is -1.47. The molecule has 0 aliphatic carbocycles.